The van der Waals surface area contributed by atoms with Crippen LogP contribution in [0, 0.1) is 13.8 Å². The summed E-state index contributed by atoms with van der Waals surface area (Å²) in [5, 5.41) is 3.20. The Balaban J connectivity index is 1.85. The fourth-order valence-corrected chi connectivity index (χ4v) is 4.46. The van der Waals surface area contributed by atoms with Gasteiger partial charge in [-0.3, -0.25) is 4.79 Å². The van der Waals surface area contributed by atoms with E-state index < -0.39 is 0 Å². The van der Waals surface area contributed by atoms with E-state index in [2.05, 4.69) is 37.9 Å². The summed E-state index contributed by atoms with van der Waals surface area (Å²) >= 11 is 5.43. The second-order valence-corrected chi connectivity index (χ2v) is 8.10. The number of aryl methyl sites for hydroxylation is 1. The average molecular weight is 393 g/mol. The van der Waals surface area contributed by atoms with Crippen molar-refractivity contribution in [3.8, 4) is 5.69 Å². The maximum absolute atomic E-state index is 12.6. The molecule has 0 bridgehead atoms. The summed E-state index contributed by atoms with van der Waals surface area (Å²) in [4.78, 5) is 12.6. The first-order valence-electron chi connectivity index (χ1n) is 7.90. The molecule has 1 aliphatic rings. The SMILES string of the molecule is Cc1cc(C(=O)NC2CCSCC2)c(C)n1-c1ccc(Br)cc1. The third-order valence-corrected chi connectivity index (χ3v) is 5.89. The lowest BCUT2D eigenvalue weighted by Gasteiger charge is -2.22. The molecule has 0 atom stereocenters. The number of nitrogens with one attached hydrogen (secondary N) is 1. The van der Waals surface area contributed by atoms with Crippen molar-refractivity contribution in [2.75, 3.05) is 11.5 Å². The number of rotatable bonds is 3. The van der Waals surface area contributed by atoms with Crippen LogP contribution < -0.4 is 5.32 Å². The van der Waals surface area contributed by atoms with E-state index in [0.717, 1.165) is 51.5 Å². The molecule has 1 amide bonds. The van der Waals surface area contributed by atoms with Crippen LogP contribution in [0.4, 0.5) is 0 Å². The molecule has 1 aromatic carbocycles. The van der Waals surface area contributed by atoms with Gasteiger partial charge < -0.3 is 9.88 Å². The quantitative estimate of drug-likeness (QED) is 0.834. The summed E-state index contributed by atoms with van der Waals surface area (Å²) in [6.45, 7) is 4.06. The zero-order valence-electron chi connectivity index (χ0n) is 13.4. The molecule has 5 heteroatoms. The first kappa shape index (κ1) is 16.7. The highest BCUT2D eigenvalue weighted by Gasteiger charge is 2.21. The Morgan fingerprint density at radius 1 is 1.22 bits per heavy atom. The number of thioether (sulfide) groups is 1. The maximum atomic E-state index is 12.6. The van der Waals surface area contributed by atoms with Gasteiger partial charge in [-0.2, -0.15) is 11.8 Å². The molecule has 1 fully saturated rings. The number of hydrogen-bond donors (Lipinski definition) is 1. The molecule has 1 aromatic heterocycles. The first-order valence-corrected chi connectivity index (χ1v) is 9.84. The fourth-order valence-electron chi connectivity index (χ4n) is 3.09. The number of halogens is 1. The smallest absolute Gasteiger partial charge is 0.253 e. The van der Waals surface area contributed by atoms with Gasteiger partial charge in [-0.25, -0.2) is 0 Å². The van der Waals surface area contributed by atoms with E-state index in [1.165, 1.54) is 0 Å². The molecule has 2 aromatic rings. The molecule has 3 rings (SSSR count). The van der Waals surface area contributed by atoms with Gasteiger partial charge in [-0.05, 0) is 68.5 Å². The van der Waals surface area contributed by atoms with Crippen molar-refractivity contribution >= 4 is 33.6 Å². The molecule has 2 heterocycles. The van der Waals surface area contributed by atoms with E-state index in [1.54, 1.807) is 0 Å². The number of aromatic nitrogens is 1. The summed E-state index contributed by atoms with van der Waals surface area (Å²) in [6, 6.07) is 10.5. The van der Waals surface area contributed by atoms with Crippen LogP contribution in [0.2, 0.25) is 0 Å². The third-order valence-electron chi connectivity index (χ3n) is 4.32. The lowest BCUT2D eigenvalue weighted by Crippen LogP contribution is -2.37. The molecule has 1 N–H and O–H groups in total. The van der Waals surface area contributed by atoms with Crippen LogP contribution in [0.5, 0.6) is 0 Å². The van der Waals surface area contributed by atoms with Gasteiger partial charge in [0, 0.05) is 27.6 Å². The zero-order valence-corrected chi connectivity index (χ0v) is 15.8. The molecule has 23 heavy (non-hydrogen) atoms. The van der Waals surface area contributed by atoms with Gasteiger partial charge in [0.05, 0.1) is 5.56 Å². The number of benzene rings is 1. The minimum absolute atomic E-state index is 0.0540. The van der Waals surface area contributed by atoms with Gasteiger partial charge in [-0.1, -0.05) is 15.9 Å². The largest absolute Gasteiger partial charge is 0.349 e. The molecular weight excluding hydrogens is 372 g/mol. The van der Waals surface area contributed by atoms with Crippen LogP contribution in [-0.4, -0.2) is 28.0 Å². The molecule has 1 aliphatic heterocycles. The van der Waals surface area contributed by atoms with Gasteiger partial charge in [0.1, 0.15) is 0 Å². The van der Waals surface area contributed by atoms with Crippen molar-refractivity contribution in [3.63, 3.8) is 0 Å². The van der Waals surface area contributed by atoms with E-state index in [1.807, 2.05) is 43.8 Å². The Morgan fingerprint density at radius 2 is 1.87 bits per heavy atom. The zero-order chi connectivity index (χ0) is 16.4. The van der Waals surface area contributed by atoms with Crippen LogP contribution in [0.1, 0.15) is 34.6 Å². The minimum Gasteiger partial charge on any atom is -0.349 e. The Labute approximate surface area is 150 Å². The Hall–Kier alpha value is -1.20. The summed E-state index contributed by atoms with van der Waals surface area (Å²) < 4.78 is 3.19. The molecule has 0 unspecified atom stereocenters. The van der Waals surface area contributed by atoms with E-state index >= 15 is 0 Å². The summed E-state index contributed by atoms with van der Waals surface area (Å²) in [5.41, 5.74) is 3.93. The number of amides is 1. The average Bonchev–Trinajstić information content (AvgIpc) is 2.84. The second-order valence-electron chi connectivity index (χ2n) is 5.96. The van der Waals surface area contributed by atoms with Crippen LogP contribution >= 0.6 is 27.7 Å². The highest BCUT2D eigenvalue weighted by Crippen LogP contribution is 2.23. The molecule has 0 radical (unpaired) electrons. The molecule has 1 saturated heterocycles. The Morgan fingerprint density at radius 3 is 2.52 bits per heavy atom. The van der Waals surface area contributed by atoms with Crippen LogP contribution in [-0.2, 0) is 0 Å². The Kier molecular flexibility index (Phi) is 5.17. The van der Waals surface area contributed by atoms with Crippen molar-refractivity contribution in [2.24, 2.45) is 0 Å². The highest BCUT2D eigenvalue weighted by atomic mass is 79.9. The normalized spacial score (nSPS) is 15.6. The molecule has 122 valence electrons. The van der Waals surface area contributed by atoms with Crippen molar-refractivity contribution in [2.45, 2.75) is 32.7 Å². The predicted octanol–water partition coefficient (Wildman–Crippen LogP) is 4.48. The van der Waals surface area contributed by atoms with Gasteiger partial charge in [0.2, 0.25) is 0 Å². The van der Waals surface area contributed by atoms with Gasteiger partial charge in [0.25, 0.3) is 5.91 Å². The summed E-state index contributed by atoms with van der Waals surface area (Å²) in [6.07, 6.45) is 2.14. The number of nitrogens with zero attached hydrogens (tertiary/aromatic N) is 1. The van der Waals surface area contributed by atoms with E-state index in [4.69, 9.17) is 0 Å². The molecule has 0 spiro atoms. The Bertz CT molecular complexity index is 703. The lowest BCUT2D eigenvalue weighted by atomic mass is 10.1. The maximum Gasteiger partial charge on any atom is 0.253 e. The van der Waals surface area contributed by atoms with Crippen molar-refractivity contribution < 1.29 is 4.79 Å². The second kappa shape index (κ2) is 7.14. The first-order chi connectivity index (χ1) is 11.1. The minimum atomic E-state index is 0.0540. The lowest BCUT2D eigenvalue weighted by molar-refractivity contribution is 0.0934. The van der Waals surface area contributed by atoms with E-state index in [9.17, 15) is 4.79 Å². The van der Waals surface area contributed by atoms with Crippen molar-refractivity contribution in [1.29, 1.82) is 0 Å². The summed E-state index contributed by atoms with van der Waals surface area (Å²) in [5.74, 6) is 2.34. The number of carbonyl (C=O) groups excluding carboxylic acids is 1. The van der Waals surface area contributed by atoms with Crippen molar-refractivity contribution in [3.05, 3.63) is 51.8 Å². The van der Waals surface area contributed by atoms with E-state index in [-0.39, 0.29) is 5.91 Å². The molecule has 3 nitrogen and oxygen atoms in total. The van der Waals surface area contributed by atoms with Gasteiger partial charge in [0.15, 0.2) is 0 Å². The molecule has 0 aliphatic carbocycles. The molecular formula is C18H21BrN2OS. The highest BCUT2D eigenvalue weighted by molar-refractivity contribution is 9.10. The standard InChI is InChI=1S/C18H21BrN2OS/c1-12-11-17(18(22)20-15-7-9-23-10-8-15)13(2)21(12)16-5-3-14(19)4-6-16/h3-6,11,15H,7-10H2,1-2H3,(H,20,22). The van der Waals surface area contributed by atoms with Crippen LogP contribution in [0.25, 0.3) is 5.69 Å². The predicted molar refractivity (Wildman–Crippen MR) is 101 cm³/mol. The van der Waals surface area contributed by atoms with Gasteiger partial charge >= 0.3 is 0 Å². The number of carbonyl (C=O) groups is 1. The monoisotopic (exact) mass is 392 g/mol. The van der Waals surface area contributed by atoms with Gasteiger partial charge in [-0.15, -0.1) is 0 Å². The summed E-state index contributed by atoms with van der Waals surface area (Å²) in [7, 11) is 0. The fraction of sp³-hybridized carbons (Fsp3) is 0.389. The van der Waals surface area contributed by atoms with E-state index in [0.29, 0.717) is 6.04 Å². The van der Waals surface area contributed by atoms with Crippen molar-refractivity contribution in [1.82, 2.24) is 9.88 Å². The van der Waals surface area contributed by atoms with Crippen LogP contribution in [0.15, 0.2) is 34.8 Å². The molecule has 0 saturated carbocycles. The number of hydrogen-bond acceptors (Lipinski definition) is 2. The van der Waals surface area contributed by atoms with Crippen LogP contribution in [0.3, 0.4) is 0 Å². The topological polar surface area (TPSA) is 34.0 Å². The third kappa shape index (κ3) is 3.66.